The molecule has 7 nitrogen and oxygen atoms in total. The second-order valence-corrected chi connectivity index (χ2v) is 5.13. The summed E-state index contributed by atoms with van der Waals surface area (Å²) < 4.78 is 33.0. The Morgan fingerprint density at radius 1 is 1.59 bits per heavy atom. The van der Waals surface area contributed by atoms with Gasteiger partial charge in [-0.05, 0) is 13.8 Å². The van der Waals surface area contributed by atoms with Gasteiger partial charge in [0.05, 0.1) is 19.7 Å². The summed E-state index contributed by atoms with van der Waals surface area (Å²) >= 11 is 0. The maximum absolute atomic E-state index is 13.8. The van der Waals surface area contributed by atoms with E-state index in [0.29, 0.717) is 12.5 Å². The molecule has 0 aliphatic carbocycles. The Morgan fingerprint density at radius 3 is 2.77 bits per heavy atom. The molecule has 1 fully saturated rings. The molecule has 0 spiro atoms. The lowest BCUT2D eigenvalue weighted by Crippen LogP contribution is -2.74. The average molecular weight is 316 g/mol. The van der Waals surface area contributed by atoms with Crippen molar-refractivity contribution in [2.45, 2.75) is 25.4 Å². The van der Waals surface area contributed by atoms with Gasteiger partial charge in [-0.15, -0.1) is 0 Å². The van der Waals surface area contributed by atoms with E-state index in [4.69, 9.17) is 4.74 Å². The Morgan fingerprint density at radius 2 is 2.23 bits per heavy atom. The summed E-state index contributed by atoms with van der Waals surface area (Å²) in [6, 6.07) is 0. The predicted octanol–water partition coefficient (Wildman–Crippen LogP) is 0.116. The average Bonchev–Trinajstić information content (AvgIpc) is 2.45. The molecule has 0 saturated carbocycles. The van der Waals surface area contributed by atoms with Crippen LogP contribution in [0.2, 0.25) is 0 Å². The van der Waals surface area contributed by atoms with Crippen molar-refractivity contribution in [1.82, 2.24) is 15.3 Å². The molecule has 1 aliphatic rings. The largest absolute Gasteiger partial charge is 0.478 e. The summed E-state index contributed by atoms with van der Waals surface area (Å²) in [5, 5.41) is 11.8. The van der Waals surface area contributed by atoms with Crippen molar-refractivity contribution in [2.24, 2.45) is 0 Å². The van der Waals surface area contributed by atoms with Crippen LogP contribution in [0.15, 0.2) is 6.20 Å². The van der Waals surface area contributed by atoms with Gasteiger partial charge in [0.25, 0.3) is 5.91 Å². The molecule has 1 aromatic rings. The molecule has 0 atom stereocenters. The molecular weight excluding hydrogens is 298 g/mol. The number of aromatic nitrogens is 2. The number of alkyl halides is 2. The maximum Gasteiger partial charge on any atom is 0.355 e. The standard InChI is InChI=1S/C13H18F2N4O3/c1-4-22-9-8(2)5-17-11(18-9)19-6-12(21,7-19)13(14,15)10(20)16-3/h5,21H,4,6-7H2,1-3H3,(H,16,20). The molecule has 1 saturated heterocycles. The molecule has 0 aromatic carbocycles. The Kier molecular flexibility index (Phi) is 4.19. The quantitative estimate of drug-likeness (QED) is 0.802. The maximum atomic E-state index is 13.8. The molecule has 1 aromatic heterocycles. The summed E-state index contributed by atoms with van der Waals surface area (Å²) in [4.78, 5) is 20.7. The molecule has 0 unspecified atom stereocenters. The number of aryl methyl sites for hydroxylation is 1. The van der Waals surface area contributed by atoms with Crippen LogP contribution in [0, 0.1) is 6.92 Å². The zero-order valence-electron chi connectivity index (χ0n) is 12.6. The number of aliphatic hydroxyl groups is 1. The fourth-order valence-corrected chi connectivity index (χ4v) is 2.15. The van der Waals surface area contributed by atoms with Crippen molar-refractivity contribution in [3.63, 3.8) is 0 Å². The molecule has 2 heterocycles. The highest BCUT2D eigenvalue weighted by atomic mass is 19.3. The minimum atomic E-state index is -3.88. The van der Waals surface area contributed by atoms with Crippen LogP contribution in [-0.4, -0.2) is 59.2 Å². The fraction of sp³-hybridized carbons (Fsp3) is 0.615. The fourth-order valence-electron chi connectivity index (χ4n) is 2.15. The minimum absolute atomic E-state index is 0.173. The summed E-state index contributed by atoms with van der Waals surface area (Å²) in [6.07, 6.45) is 1.52. The molecule has 9 heteroatoms. The normalized spacial score (nSPS) is 16.9. The first-order chi connectivity index (χ1) is 10.2. The lowest BCUT2D eigenvalue weighted by Gasteiger charge is -2.48. The third-order valence-electron chi connectivity index (χ3n) is 3.48. The number of carbonyl (C=O) groups is 1. The highest BCUT2D eigenvalue weighted by Gasteiger charge is 2.64. The van der Waals surface area contributed by atoms with Crippen molar-refractivity contribution < 1.29 is 23.4 Å². The van der Waals surface area contributed by atoms with Crippen molar-refractivity contribution in [2.75, 3.05) is 31.6 Å². The predicted molar refractivity (Wildman–Crippen MR) is 74.1 cm³/mol. The van der Waals surface area contributed by atoms with Crippen molar-refractivity contribution in [3.05, 3.63) is 11.8 Å². The number of anilines is 1. The van der Waals surface area contributed by atoms with Crippen molar-refractivity contribution >= 4 is 11.9 Å². The van der Waals surface area contributed by atoms with Crippen LogP contribution in [0.5, 0.6) is 5.88 Å². The Hall–Kier alpha value is -2.03. The molecule has 0 radical (unpaired) electrons. The highest BCUT2D eigenvalue weighted by Crippen LogP contribution is 2.38. The lowest BCUT2D eigenvalue weighted by atomic mass is 9.86. The van der Waals surface area contributed by atoms with Gasteiger partial charge < -0.3 is 20.1 Å². The summed E-state index contributed by atoms with van der Waals surface area (Å²) in [5.74, 6) is -4.87. The van der Waals surface area contributed by atoms with E-state index in [1.165, 1.54) is 11.1 Å². The topological polar surface area (TPSA) is 87.6 Å². The van der Waals surface area contributed by atoms with E-state index in [1.54, 1.807) is 13.8 Å². The van der Waals surface area contributed by atoms with Gasteiger partial charge in [0.15, 0.2) is 5.60 Å². The minimum Gasteiger partial charge on any atom is -0.478 e. The zero-order valence-corrected chi connectivity index (χ0v) is 12.6. The number of amides is 1. The van der Waals surface area contributed by atoms with E-state index in [-0.39, 0.29) is 5.95 Å². The van der Waals surface area contributed by atoms with E-state index in [0.717, 1.165) is 12.6 Å². The third-order valence-corrected chi connectivity index (χ3v) is 3.48. The Bertz CT molecular complexity index is 576. The first kappa shape index (κ1) is 16.3. The Balaban J connectivity index is 2.14. The van der Waals surface area contributed by atoms with Crippen LogP contribution in [0.1, 0.15) is 12.5 Å². The van der Waals surface area contributed by atoms with E-state index < -0.39 is 30.5 Å². The number of hydrogen-bond acceptors (Lipinski definition) is 6. The van der Waals surface area contributed by atoms with E-state index >= 15 is 0 Å². The number of ether oxygens (including phenoxy) is 1. The lowest BCUT2D eigenvalue weighted by molar-refractivity contribution is -0.199. The van der Waals surface area contributed by atoms with Gasteiger partial charge in [0.1, 0.15) is 0 Å². The van der Waals surface area contributed by atoms with Crippen molar-refractivity contribution in [1.29, 1.82) is 0 Å². The van der Waals surface area contributed by atoms with Gasteiger partial charge in [-0.3, -0.25) is 4.79 Å². The van der Waals surface area contributed by atoms with Crippen LogP contribution in [0.4, 0.5) is 14.7 Å². The van der Waals surface area contributed by atoms with Crippen LogP contribution in [-0.2, 0) is 4.79 Å². The number of rotatable bonds is 5. The van der Waals surface area contributed by atoms with E-state index in [9.17, 15) is 18.7 Å². The molecule has 22 heavy (non-hydrogen) atoms. The number of halogens is 2. The smallest absolute Gasteiger partial charge is 0.355 e. The molecule has 0 bridgehead atoms. The van der Waals surface area contributed by atoms with E-state index in [2.05, 4.69) is 9.97 Å². The zero-order chi connectivity index (χ0) is 16.5. The Labute approximate surface area is 126 Å². The van der Waals surface area contributed by atoms with Gasteiger partial charge in [0, 0.05) is 18.8 Å². The summed E-state index contributed by atoms with van der Waals surface area (Å²) in [5.41, 5.74) is -1.72. The molecule has 2 N–H and O–H groups in total. The van der Waals surface area contributed by atoms with Crippen LogP contribution < -0.4 is 15.0 Å². The van der Waals surface area contributed by atoms with E-state index in [1.807, 2.05) is 5.32 Å². The number of hydrogen-bond donors (Lipinski definition) is 2. The first-order valence-corrected chi connectivity index (χ1v) is 6.79. The highest BCUT2D eigenvalue weighted by molar-refractivity contribution is 5.85. The van der Waals surface area contributed by atoms with Gasteiger partial charge in [0.2, 0.25) is 11.8 Å². The molecular formula is C13H18F2N4O3. The number of carbonyl (C=O) groups excluding carboxylic acids is 1. The monoisotopic (exact) mass is 316 g/mol. The van der Waals surface area contributed by atoms with Crippen LogP contribution >= 0.6 is 0 Å². The SMILES string of the molecule is CCOc1nc(N2CC(O)(C(F)(F)C(=O)NC)C2)ncc1C. The van der Waals surface area contributed by atoms with Crippen molar-refractivity contribution in [3.8, 4) is 5.88 Å². The van der Waals surface area contributed by atoms with Gasteiger partial charge in [-0.2, -0.15) is 13.8 Å². The van der Waals surface area contributed by atoms with Gasteiger partial charge >= 0.3 is 5.92 Å². The molecule has 1 aliphatic heterocycles. The summed E-state index contributed by atoms with van der Waals surface area (Å²) in [7, 11) is 1.09. The van der Waals surface area contributed by atoms with Crippen LogP contribution in [0.3, 0.4) is 0 Å². The second kappa shape index (κ2) is 5.64. The van der Waals surface area contributed by atoms with Crippen LogP contribution in [0.25, 0.3) is 0 Å². The number of nitrogens with one attached hydrogen (secondary N) is 1. The molecule has 2 rings (SSSR count). The molecule has 122 valence electrons. The van der Waals surface area contributed by atoms with Gasteiger partial charge in [-0.25, -0.2) is 4.98 Å². The second-order valence-electron chi connectivity index (χ2n) is 5.13. The number of nitrogens with zero attached hydrogens (tertiary/aromatic N) is 3. The first-order valence-electron chi connectivity index (χ1n) is 6.79. The molecule has 1 amide bonds. The van der Waals surface area contributed by atoms with Gasteiger partial charge in [-0.1, -0.05) is 0 Å². The number of β-amino-alcohol motifs (C(OH)–C–C–N with tert-alkyl or cyclic N) is 1. The third kappa shape index (κ3) is 2.56. The summed E-state index contributed by atoms with van der Waals surface area (Å²) in [6.45, 7) is 3.09.